The van der Waals surface area contributed by atoms with Crippen LogP contribution in [0.3, 0.4) is 0 Å². The van der Waals surface area contributed by atoms with E-state index in [1.54, 1.807) is 11.3 Å². The SMILES string of the molecule is Cc1ccc(NC(=O)CN2CCC(c3nc(-c4cccs4)no3)CC2)c(C)c1. The number of aryl methyl sites for hydroxylation is 2. The smallest absolute Gasteiger partial charge is 0.238 e. The van der Waals surface area contributed by atoms with Crippen LogP contribution in [0.2, 0.25) is 0 Å². The van der Waals surface area contributed by atoms with Crippen molar-refractivity contribution < 1.29 is 9.32 Å². The van der Waals surface area contributed by atoms with E-state index < -0.39 is 0 Å². The fourth-order valence-corrected chi connectivity index (χ4v) is 4.24. The molecule has 0 unspecified atom stereocenters. The minimum Gasteiger partial charge on any atom is -0.339 e. The molecule has 1 N–H and O–H groups in total. The van der Waals surface area contributed by atoms with Crippen LogP contribution < -0.4 is 5.32 Å². The molecule has 0 bridgehead atoms. The Balaban J connectivity index is 1.29. The zero-order valence-electron chi connectivity index (χ0n) is 16.1. The molecule has 1 aliphatic rings. The second kappa shape index (κ2) is 8.24. The van der Waals surface area contributed by atoms with Crippen LogP contribution >= 0.6 is 11.3 Å². The van der Waals surface area contributed by atoms with Gasteiger partial charge in [0, 0.05) is 11.6 Å². The minimum absolute atomic E-state index is 0.0307. The highest BCUT2D eigenvalue weighted by Gasteiger charge is 2.26. The minimum atomic E-state index is 0.0307. The number of nitrogens with one attached hydrogen (secondary N) is 1. The van der Waals surface area contributed by atoms with Gasteiger partial charge in [-0.05, 0) is 62.9 Å². The van der Waals surface area contributed by atoms with Crippen molar-refractivity contribution in [2.45, 2.75) is 32.6 Å². The molecule has 3 heterocycles. The molecule has 0 saturated carbocycles. The molecule has 1 saturated heterocycles. The van der Waals surface area contributed by atoms with Crippen molar-refractivity contribution in [1.29, 1.82) is 0 Å². The Bertz CT molecular complexity index is 943. The van der Waals surface area contributed by atoms with Crippen molar-refractivity contribution >= 4 is 22.9 Å². The van der Waals surface area contributed by atoms with Gasteiger partial charge in [0.25, 0.3) is 0 Å². The van der Waals surface area contributed by atoms with Crippen LogP contribution in [0.4, 0.5) is 5.69 Å². The van der Waals surface area contributed by atoms with E-state index in [0.29, 0.717) is 18.3 Å². The van der Waals surface area contributed by atoms with E-state index >= 15 is 0 Å². The Hall–Kier alpha value is -2.51. The maximum atomic E-state index is 12.4. The summed E-state index contributed by atoms with van der Waals surface area (Å²) in [7, 11) is 0. The van der Waals surface area contributed by atoms with Crippen molar-refractivity contribution in [2.24, 2.45) is 0 Å². The zero-order valence-corrected chi connectivity index (χ0v) is 17.0. The van der Waals surface area contributed by atoms with E-state index in [1.165, 1.54) is 5.56 Å². The highest BCUT2D eigenvalue weighted by molar-refractivity contribution is 7.13. The van der Waals surface area contributed by atoms with Crippen molar-refractivity contribution in [2.75, 3.05) is 25.0 Å². The molecule has 3 aromatic rings. The Labute approximate surface area is 168 Å². The molecule has 0 radical (unpaired) electrons. The average Bonchev–Trinajstić information content (AvgIpc) is 3.36. The summed E-state index contributed by atoms with van der Waals surface area (Å²) in [5.41, 5.74) is 3.17. The van der Waals surface area contributed by atoms with E-state index in [1.807, 2.05) is 36.6 Å². The molecular weight excluding hydrogens is 372 g/mol. The molecule has 28 heavy (non-hydrogen) atoms. The summed E-state index contributed by atoms with van der Waals surface area (Å²) >= 11 is 1.61. The van der Waals surface area contributed by atoms with E-state index in [-0.39, 0.29) is 11.8 Å². The van der Waals surface area contributed by atoms with Crippen molar-refractivity contribution in [1.82, 2.24) is 15.0 Å². The number of likely N-dealkylation sites (tertiary alicyclic amines) is 1. The van der Waals surface area contributed by atoms with Crippen molar-refractivity contribution in [3.63, 3.8) is 0 Å². The molecule has 4 rings (SSSR count). The maximum Gasteiger partial charge on any atom is 0.238 e. The van der Waals surface area contributed by atoms with Crippen molar-refractivity contribution in [3.05, 3.63) is 52.7 Å². The Morgan fingerprint density at radius 3 is 2.82 bits per heavy atom. The summed E-state index contributed by atoms with van der Waals surface area (Å²) in [6, 6.07) is 10.0. The lowest BCUT2D eigenvalue weighted by Crippen LogP contribution is -2.38. The first-order chi connectivity index (χ1) is 13.6. The molecule has 2 aromatic heterocycles. The van der Waals surface area contributed by atoms with Gasteiger partial charge in [-0.15, -0.1) is 11.3 Å². The molecule has 0 atom stereocenters. The number of hydrogen-bond acceptors (Lipinski definition) is 6. The highest BCUT2D eigenvalue weighted by Crippen LogP contribution is 2.29. The van der Waals surface area contributed by atoms with Crippen LogP contribution in [0.5, 0.6) is 0 Å². The number of amides is 1. The number of aromatic nitrogens is 2. The van der Waals surface area contributed by atoms with E-state index in [9.17, 15) is 4.79 Å². The fourth-order valence-electron chi connectivity index (χ4n) is 3.59. The van der Waals surface area contributed by atoms with Crippen LogP contribution in [0.1, 0.15) is 35.8 Å². The summed E-state index contributed by atoms with van der Waals surface area (Å²) in [6.07, 6.45) is 1.84. The molecule has 1 aromatic carbocycles. The Morgan fingerprint density at radius 2 is 2.11 bits per heavy atom. The van der Waals surface area contributed by atoms with E-state index in [2.05, 4.69) is 33.3 Å². The monoisotopic (exact) mass is 396 g/mol. The van der Waals surface area contributed by atoms with Crippen LogP contribution in [-0.4, -0.2) is 40.6 Å². The van der Waals surface area contributed by atoms with E-state index in [0.717, 1.165) is 42.1 Å². The molecule has 1 aliphatic heterocycles. The molecule has 1 fully saturated rings. The third kappa shape index (κ3) is 4.31. The van der Waals surface area contributed by atoms with Crippen LogP contribution in [0.25, 0.3) is 10.7 Å². The fraction of sp³-hybridized carbons (Fsp3) is 0.381. The predicted octanol–water partition coefficient (Wildman–Crippen LogP) is 4.23. The molecule has 0 aliphatic carbocycles. The lowest BCUT2D eigenvalue weighted by atomic mass is 9.97. The molecule has 1 amide bonds. The van der Waals surface area contributed by atoms with Gasteiger partial charge in [0.15, 0.2) is 0 Å². The van der Waals surface area contributed by atoms with Gasteiger partial charge >= 0.3 is 0 Å². The number of carbonyl (C=O) groups excluding carboxylic acids is 1. The first-order valence-corrected chi connectivity index (χ1v) is 10.4. The van der Waals surface area contributed by atoms with Gasteiger partial charge in [0.05, 0.1) is 11.4 Å². The van der Waals surface area contributed by atoms with Crippen LogP contribution in [-0.2, 0) is 4.79 Å². The van der Waals surface area contributed by atoms with Gasteiger partial charge in [-0.1, -0.05) is 28.9 Å². The van der Waals surface area contributed by atoms with Gasteiger partial charge < -0.3 is 9.84 Å². The zero-order chi connectivity index (χ0) is 19.5. The van der Waals surface area contributed by atoms with Gasteiger partial charge in [-0.25, -0.2) is 0 Å². The number of thiophene rings is 1. The molecule has 0 spiro atoms. The topological polar surface area (TPSA) is 71.3 Å². The number of nitrogens with zero attached hydrogens (tertiary/aromatic N) is 3. The second-order valence-corrected chi connectivity index (χ2v) is 8.30. The number of rotatable bonds is 5. The van der Waals surface area contributed by atoms with Gasteiger partial charge in [0.1, 0.15) is 0 Å². The number of carbonyl (C=O) groups is 1. The summed E-state index contributed by atoms with van der Waals surface area (Å²) in [5.74, 6) is 1.67. The third-order valence-electron chi connectivity index (χ3n) is 5.14. The summed E-state index contributed by atoms with van der Waals surface area (Å²) < 4.78 is 5.49. The van der Waals surface area contributed by atoms with E-state index in [4.69, 9.17) is 4.52 Å². The standard InChI is InChI=1S/C21H24N4O2S/c1-14-5-6-17(15(2)12-14)22-19(26)13-25-9-7-16(8-10-25)21-23-20(24-27-21)18-4-3-11-28-18/h3-6,11-12,16H,7-10,13H2,1-2H3,(H,22,26). The summed E-state index contributed by atoms with van der Waals surface area (Å²) in [5, 5.41) is 9.14. The van der Waals surface area contributed by atoms with Gasteiger partial charge in [-0.2, -0.15) is 4.98 Å². The third-order valence-corrected chi connectivity index (χ3v) is 6.01. The average molecular weight is 397 g/mol. The van der Waals surface area contributed by atoms with Crippen molar-refractivity contribution in [3.8, 4) is 10.7 Å². The summed E-state index contributed by atoms with van der Waals surface area (Å²) in [6.45, 7) is 6.17. The number of piperidine rings is 1. The predicted molar refractivity (Wildman–Crippen MR) is 111 cm³/mol. The molecule has 146 valence electrons. The Morgan fingerprint density at radius 1 is 1.29 bits per heavy atom. The van der Waals surface area contributed by atoms with Gasteiger partial charge in [-0.3, -0.25) is 9.69 Å². The first kappa shape index (κ1) is 18.8. The first-order valence-electron chi connectivity index (χ1n) is 9.55. The normalized spacial score (nSPS) is 15.6. The molecule has 7 heteroatoms. The lowest BCUT2D eigenvalue weighted by Gasteiger charge is -2.29. The summed E-state index contributed by atoms with van der Waals surface area (Å²) in [4.78, 5) is 20.2. The quantitative estimate of drug-likeness (QED) is 0.699. The van der Waals surface area contributed by atoms with Crippen LogP contribution in [0, 0.1) is 13.8 Å². The number of anilines is 1. The maximum absolute atomic E-state index is 12.4. The highest BCUT2D eigenvalue weighted by atomic mass is 32.1. The molecular formula is C21H24N4O2S. The largest absolute Gasteiger partial charge is 0.339 e. The lowest BCUT2D eigenvalue weighted by molar-refractivity contribution is -0.117. The second-order valence-electron chi connectivity index (χ2n) is 7.35. The number of benzene rings is 1. The van der Waals surface area contributed by atoms with Crippen LogP contribution in [0.15, 0.2) is 40.2 Å². The number of hydrogen-bond donors (Lipinski definition) is 1. The molecule has 6 nitrogen and oxygen atoms in total. The van der Waals surface area contributed by atoms with Gasteiger partial charge in [0.2, 0.25) is 17.6 Å². The Kier molecular flexibility index (Phi) is 5.54.